The minimum absolute atomic E-state index is 0.511. The van der Waals surface area contributed by atoms with Gasteiger partial charge in [0.15, 0.2) is 0 Å². The van der Waals surface area contributed by atoms with Crippen LogP contribution in [0.4, 0.5) is 0 Å². The van der Waals surface area contributed by atoms with Gasteiger partial charge in [-0.2, -0.15) is 5.10 Å². The summed E-state index contributed by atoms with van der Waals surface area (Å²) in [5.74, 6) is 0. The molecule has 0 aromatic carbocycles. The SMILES string of the molecule is COCCCC(O)c1c(C)nn(C)c1Cl. The van der Waals surface area contributed by atoms with Gasteiger partial charge in [0.2, 0.25) is 0 Å². The molecule has 0 saturated carbocycles. The quantitative estimate of drug-likeness (QED) is 0.789. The smallest absolute Gasteiger partial charge is 0.132 e. The van der Waals surface area contributed by atoms with E-state index in [1.165, 1.54) is 0 Å². The Bertz CT molecular complexity index is 325. The summed E-state index contributed by atoms with van der Waals surface area (Å²) in [6.07, 6.45) is 0.893. The van der Waals surface area contributed by atoms with E-state index in [1.54, 1.807) is 18.8 Å². The third-order valence-electron chi connectivity index (χ3n) is 2.36. The highest BCUT2D eigenvalue weighted by Gasteiger charge is 2.18. The molecule has 1 unspecified atom stereocenters. The van der Waals surface area contributed by atoms with Crippen molar-refractivity contribution in [3.8, 4) is 0 Å². The predicted molar refractivity (Wildman–Crippen MR) is 59.0 cm³/mol. The average Bonchev–Trinajstić information content (AvgIpc) is 2.41. The van der Waals surface area contributed by atoms with E-state index >= 15 is 0 Å². The van der Waals surface area contributed by atoms with E-state index in [4.69, 9.17) is 16.3 Å². The summed E-state index contributed by atoms with van der Waals surface area (Å²) in [5.41, 5.74) is 1.52. The molecule has 1 aromatic heterocycles. The molecule has 1 heterocycles. The first kappa shape index (κ1) is 12.5. The molecule has 0 radical (unpaired) electrons. The van der Waals surface area contributed by atoms with E-state index in [9.17, 15) is 5.11 Å². The van der Waals surface area contributed by atoms with Gasteiger partial charge >= 0.3 is 0 Å². The Balaban J connectivity index is 2.68. The maximum atomic E-state index is 9.93. The van der Waals surface area contributed by atoms with Crippen molar-refractivity contribution in [1.29, 1.82) is 0 Å². The van der Waals surface area contributed by atoms with E-state index < -0.39 is 6.10 Å². The van der Waals surface area contributed by atoms with E-state index in [0.717, 1.165) is 17.7 Å². The Kier molecular flexibility index (Phi) is 4.57. The lowest BCUT2D eigenvalue weighted by Crippen LogP contribution is -2.01. The number of nitrogens with zero attached hydrogens (tertiary/aromatic N) is 2. The van der Waals surface area contributed by atoms with Crippen LogP contribution in [0.3, 0.4) is 0 Å². The van der Waals surface area contributed by atoms with Gasteiger partial charge in [-0.05, 0) is 19.8 Å². The van der Waals surface area contributed by atoms with Crippen molar-refractivity contribution in [2.45, 2.75) is 25.9 Å². The molecule has 15 heavy (non-hydrogen) atoms. The third-order valence-corrected chi connectivity index (χ3v) is 2.80. The molecule has 0 aliphatic carbocycles. The number of halogens is 1. The molecule has 0 fully saturated rings. The summed E-state index contributed by atoms with van der Waals surface area (Å²) in [6, 6.07) is 0. The van der Waals surface area contributed by atoms with Crippen LogP contribution >= 0.6 is 11.6 Å². The normalized spacial score (nSPS) is 13.1. The van der Waals surface area contributed by atoms with Gasteiger partial charge in [-0.15, -0.1) is 0 Å². The van der Waals surface area contributed by atoms with Crippen LogP contribution in [0.2, 0.25) is 5.15 Å². The van der Waals surface area contributed by atoms with Crippen molar-refractivity contribution in [3.05, 3.63) is 16.4 Å². The van der Waals surface area contributed by atoms with Crippen LogP contribution in [0.15, 0.2) is 0 Å². The molecule has 4 nitrogen and oxygen atoms in total. The van der Waals surface area contributed by atoms with Gasteiger partial charge in [-0.1, -0.05) is 11.6 Å². The number of rotatable bonds is 5. The molecule has 0 bridgehead atoms. The summed E-state index contributed by atoms with van der Waals surface area (Å²) >= 11 is 6.03. The summed E-state index contributed by atoms with van der Waals surface area (Å²) in [4.78, 5) is 0. The number of ether oxygens (including phenoxy) is 1. The number of hydrogen-bond acceptors (Lipinski definition) is 3. The topological polar surface area (TPSA) is 47.3 Å². The van der Waals surface area contributed by atoms with Crippen LogP contribution in [-0.4, -0.2) is 28.6 Å². The highest BCUT2D eigenvalue weighted by molar-refractivity contribution is 6.30. The summed E-state index contributed by atoms with van der Waals surface area (Å²) < 4.78 is 6.50. The Hall–Kier alpha value is -0.580. The highest BCUT2D eigenvalue weighted by Crippen LogP contribution is 2.28. The number of aromatic nitrogens is 2. The van der Waals surface area contributed by atoms with Crippen LogP contribution in [0.25, 0.3) is 0 Å². The molecule has 1 rings (SSSR count). The van der Waals surface area contributed by atoms with Gasteiger partial charge in [0, 0.05) is 26.3 Å². The third kappa shape index (κ3) is 2.93. The van der Waals surface area contributed by atoms with Crippen LogP contribution in [0, 0.1) is 6.92 Å². The second-order valence-electron chi connectivity index (χ2n) is 3.56. The van der Waals surface area contributed by atoms with Gasteiger partial charge in [0.05, 0.1) is 11.8 Å². The molecule has 5 heteroatoms. The van der Waals surface area contributed by atoms with Gasteiger partial charge < -0.3 is 9.84 Å². The van der Waals surface area contributed by atoms with E-state index in [0.29, 0.717) is 18.2 Å². The molecule has 1 N–H and O–H groups in total. The second-order valence-corrected chi connectivity index (χ2v) is 3.92. The van der Waals surface area contributed by atoms with Crippen LogP contribution in [-0.2, 0) is 11.8 Å². The Morgan fingerprint density at radius 2 is 2.27 bits per heavy atom. The molecule has 0 aliphatic rings. The number of aliphatic hydroxyl groups excluding tert-OH is 1. The highest BCUT2D eigenvalue weighted by atomic mass is 35.5. The second kappa shape index (κ2) is 5.49. The molecular formula is C10H17ClN2O2. The van der Waals surface area contributed by atoms with Gasteiger partial charge in [0.25, 0.3) is 0 Å². The molecule has 86 valence electrons. The number of hydrogen-bond donors (Lipinski definition) is 1. The molecular weight excluding hydrogens is 216 g/mol. The monoisotopic (exact) mass is 232 g/mol. The largest absolute Gasteiger partial charge is 0.388 e. The summed E-state index contributed by atoms with van der Waals surface area (Å²) in [7, 11) is 3.41. The maximum Gasteiger partial charge on any atom is 0.132 e. The Labute approximate surface area is 94.8 Å². The lowest BCUT2D eigenvalue weighted by atomic mass is 10.1. The minimum atomic E-state index is -0.554. The van der Waals surface area contributed by atoms with E-state index in [2.05, 4.69) is 5.10 Å². The minimum Gasteiger partial charge on any atom is -0.388 e. The number of aryl methyl sites for hydroxylation is 2. The summed E-state index contributed by atoms with van der Waals surface area (Å²) in [5, 5.41) is 14.6. The Morgan fingerprint density at radius 3 is 2.73 bits per heavy atom. The van der Waals surface area contributed by atoms with Crippen LogP contribution < -0.4 is 0 Å². The van der Waals surface area contributed by atoms with Gasteiger partial charge in [-0.25, -0.2) is 0 Å². The number of aliphatic hydroxyl groups is 1. The molecule has 0 saturated heterocycles. The molecule has 0 amide bonds. The molecule has 0 spiro atoms. The van der Waals surface area contributed by atoms with Crippen molar-refractivity contribution in [1.82, 2.24) is 9.78 Å². The van der Waals surface area contributed by atoms with E-state index in [-0.39, 0.29) is 0 Å². The first-order valence-corrected chi connectivity index (χ1v) is 5.31. The zero-order valence-corrected chi connectivity index (χ0v) is 10.1. The first-order valence-electron chi connectivity index (χ1n) is 4.94. The predicted octanol–water partition coefficient (Wildman–Crippen LogP) is 1.84. The summed E-state index contributed by atoms with van der Waals surface area (Å²) in [6.45, 7) is 2.49. The van der Waals surface area contributed by atoms with Gasteiger partial charge in [0.1, 0.15) is 5.15 Å². The van der Waals surface area contributed by atoms with Crippen LogP contribution in [0.1, 0.15) is 30.2 Å². The zero-order chi connectivity index (χ0) is 11.4. The lowest BCUT2D eigenvalue weighted by Gasteiger charge is -2.09. The zero-order valence-electron chi connectivity index (χ0n) is 9.33. The van der Waals surface area contributed by atoms with Crippen molar-refractivity contribution < 1.29 is 9.84 Å². The Morgan fingerprint density at radius 1 is 1.60 bits per heavy atom. The first-order chi connectivity index (χ1) is 7.07. The van der Waals surface area contributed by atoms with Gasteiger partial charge in [-0.3, -0.25) is 4.68 Å². The molecule has 1 atom stereocenters. The fraction of sp³-hybridized carbons (Fsp3) is 0.700. The molecule has 0 aliphatic heterocycles. The molecule has 1 aromatic rings. The standard InChI is InChI=1S/C10H17ClN2O2/c1-7-9(10(11)13(2)12-7)8(14)5-4-6-15-3/h8,14H,4-6H2,1-3H3. The fourth-order valence-corrected chi connectivity index (χ4v) is 1.89. The van der Waals surface area contributed by atoms with E-state index in [1.807, 2.05) is 6.92 Å². The maximum absolute atomic E-state index is 9.93. The van der Waals surface area contributed by atoms with Crippen LogP contribution in [0.5, 0.6) is 0 Å². The van der Waals surface area contributed by atoms with Crippen molar-refractivity contribution in [2.24, 2.45) is 7.05 Å². The van der Waals surface area contributed by atoms with Crippen molar-refractivity contribution in [2.75, 3.05) is 13.7 Å². The van der Waals surface area contributed by atoms with Crippen molar-refractivity contribution >= 4 is 11.6 Å². The average molecular weight is 233 g/mol. The lowest BCUT2D eigenvalue weighted by molar-refractivity contribution is 0.136. The van der Waals surface area contributed by atoms with Crippen molar-refractivity contribution in [3.63, 3.8) is 0 Å². The fourth-order valence-electron chi connectivity index (χ4n) is 1.59. The number of methoxy groups -OCH3 is 1.